The minimum absolute atomic E-state index is 0.101. The van der Waals surface area contributed by atoms with Gasteiger partial charge in [-0.3, -0.25) is 9.69 Å². The third kappa shape index (κ3) is 4.26. The second kappa shape index (κ2) is 8.73. The molecule has 0 unspecified atom stereocenters. The monoisotopic (exact) mass is 462 g/mol. The highest BCUT2D eigenvalue weighted by molar-refractivity contribution is 7.13. The molecule has 1 fully saturated rings. The van der Waals surface area contributed by atoms with Crippen molar-refractivity contribution in [2.75, 3.05) is 49.1 Å². The highest BCUT2D eigenvalue weighted by atomic mass is 32.1. The molecule has 0 saturated carbocycles. The van der Waals surface area contributed by atoms with E-state index in [-0.39, 0.29) is 11.3 Å². The van der Waals surface area contributed by atoms with Crippen LogP contribution in [0.2, 0.25) is 0 Å². The largest absolute Gasteiger partial charge is 0.353 e. The summed E-state index contributed by atoms with van der Waals surface area (Å²) in [6.07, 6.45) is 2.06. The van der Waals surface area contributed by atoms with Crippen molar-refractivity contribution in [1.82, 2.24) is 9.27 Å². The molecule has 33 heavy (non-hydrogen) atoms. The van der Waals surface area contributed by atoms with Gasteiger partial charge in [-0.2, -0.15) is 4.37 Å². The molecule has 1 aromatic heterocycles. The van der Waals surface area contributed by atoms with E-state index in [1.54, 1.807) is 18.5 Å². The molecule has 2 aliphatic heterocycles. The maximum Gasteiger partial charge on any atom is 0.223 e. The lowest BCUT2D eigenvalue weighted by molar-refractivity contribution is -0.116. The Morgan fingerprint density at radius 1 is 1.09 bits per heavy atom. The number of hydrogen-bond donors (Lipinski definition) is 0. The minimum atomic E-state index is 0.101. The Kier molecular flexibility index (Phi) is 5.91. The van der Waals surface area contributed by atoms with Crippen molar-refractivity contribution in [2.24, 2.45) is 0 Å². The van der Waals surface area contributed by atoms with Crippen LogP contribution in [-0.2, 0) is 16.6 Å². The second-order valence-electron chi connectivity index (χ2n) is 10.2. The fourth-order valence-corrected chi connectivity index (χ4v) is 6.19. The number of hydrogen-bond acceptors (Lipinski definition) is 5. The molecule has 3 aromatic rings. The van der Waals surface area contributed by atoms with Crippen LogP contribution in [0, 0.1) is 6.92 Å². The van der Waals surface area contributed by atoms with E-state index in [9.17, 15) is 4.79 Å². The molecule has 0 N–H and O–H groups in total. The molecule has 3 heterocycles. The second-order valence-corrected chi connectivity index (χ2v) is 11.0. The topological polar surface area (TPSA) is 39.7 Å². The Bertz CT molecular complexity index is 1180. The van der Waals surface area contributed by atoms with Gasteiger partial charge in [-0.25, -0.2) is 0 Å². The Hall–Kier alpha value is -2.44. The first-order valence-corrected chi connectivity index (χ1v) is 12.8. The average Bonchev–Trinajstić information content (AvgIpc) is 3.22. The van der Waals surface area contributed by atoms with Gasteiger partial charge in [-0.1, -0.05) is 38.1 Å². The number of aryl methyl sites for hydroxylation is 1. The standard InChI is InChI=1S/C27H34N4OS/c1-19-17-21(18-23-25(19)31(20(2)32)12-10-27(23,3)4)9-11-29-13-15-30(16-14-29)26-22-7-5-6-8-24(22)33-28-26/h5-8,17-18H,9-16H2,1-4H3. The summed E-state index contributed by atoms with van der Waals surface area (Å²) >= 11 is 1.60. The summed E-state index contributed by atoms with van der Waals surface area (Å²) in [6, 6.07) is 13.2. The summed E-state index contributed by atoms with van der Waals surface area (Å²) < 4.78 is 6.01. The molecule has 5 nitrogen and oxygen atoms in total. The van der Waals surface area contributed by atoms with E-state index in [1.165, 1.54) is 26.8 Å². The Morgan fingerprint density at radius 3 is 2.61 bits per heavy atom. The molecule has 6 heteroatoms. The number of carbonyl (C=O) groups excluding carboxylic acids is 1. The molecule has 1 amide bonds. The SMILES string of the molecule is CC(=O)N1CCC(C)(C)c2cc(CCN3CCN(c4nsc5ccccc45)CC3)cc(C)c21. The van der Waals surface area contributed by atoms with E-state index in [0.29, 0.717) is 0 Å². The van der Waals surface area contributed by atoms with Gasteiger partial charge in [0.05, 0.1) is 10.4 Å². The molecule has 0 bridgehead atoms. The summed E-state index contributed by atoms with van der Waals surface area (Å²) in [5.74, 6) is 1.30. The zero-order valence-corrected chi connectivity index (χ0v) is 21.0. The molecule has 2 aromatic carbocycles. The quantitative estimate of drug-likeness (QED) is 0.547. The van der Waals surface area contributed by atoms with Gasteiger partial charge >= 0.3 is 0 Å². The van der Waals surface area contributed by atoms with Crippen LogP contribution in [0.4, 0.5) is 11.5 Å². The lowest BCUT2D eigenvalue weighted by Crippen LogP contribution is -2.47. The van der Waals surface area contributed by atoms with E-state index in [2.05, 4.69) is 67.0 Å². The molecule has 5 rings (SSSR count). The summed E-state index contributed by atoms with van der Waals surface area (Å²) in [7, 11) is 0. The van der Waals surface area contributed by atoms with Crippen molar-refractivity contribution < 1.29 is 4.79 Å². The number of rotatable bonds is 4. The van der Waals surface area contributed by atoms with Crippen LogP contribution in [0.1, 0.15) is 43.9 Å². The smallest absolute Gasteiger partial charge is 0.223 e. The van der Waals surface area contributed by atoms with Gasteiger partial charge in [0.25, 0.3) is 0 Å². The van der Waals surface area contributed by atoms with Crippen LogP contribution in [0.5, 0.6) is 0 Å². The zero-order valence-electron chi connectivity index (χ0n) is 20.2. The lowest BCUT2D eigenvalue weighted by atomic mass is 9.76. The number of carbonyl (C=O) groups is 1. The highest BCUT2D eigenvalue weighted by Gasteiger charge is 2.34. The highest BCUT2D eigenvalue weighted by Crippen LogP contribution is 2.42. The maximum atomic E-state index is 12.2. The van der Waals surface area contributed by atoms with E-state index in [0.717, 1.165) is 63.6 Å². The fraction of sp³-hybridized carbons (Fsp3) is 0.481. The summed E-state index contributed by atoms with van der Waals surface area (Å²) in [6.45, 7) is 14.5. The number of benzene rings is 2. The normalized spacial score (nSPS) is 18.5. The molecule has 1 saturated heterocycles. The zero-order chi connectivity index (χ0) is 23.2. The van der Waals surface area contributed by atoms with Crippen molar-refractivity contribution >= 4 is 39.0 Å². The van der Waals surface area contributed by atoms with Gasteiger partial charge in [-0.05, 0) is 65.5 Å². The predicted molar refractivity (Wildman–Crippen MR) is 139 cm³/mol. The fourth-order valence-electron chi connectivity index (χ4n) is 5.40. The first kappa shape index (κ1) is 22.4. The number of anilines is 2. The molecular formula is C27H34N4OS. The van der Waals surface area contributed by atoms with Gasteiger partial charge in [0.1, 0.15) is 5.82 Å². The average molecular weight is 463 g/mol. The van der Waals surface area contributed by atoms with Crippen molar-refractivity contribution in [3.63, 3.8) is 0 Å². The van der Waals surface area contributed by atoms with Crippen molar-refractivity contribution in [1.29, 1.82) is 0 Å². The molecule has 0 radical (unpaired) electrons. The van der Waals surface area contributed by atoms with Crippen molar-refractivity contribution in [3.8, 4) is 0 Å². The van der Waals surface area contributed by atoms with Crippen molar-refractivity contribution in [2.45, 2.75) is 46.0 Å². The van der Waals surface area contributed by atoms with Gasteiger partial charge in [-0.15, -0.1) is 0 Å². The van der Waals surface area contributed by atoms with E-state index >= 15 is 0 Å². The first-order valence-electron chi connectivity index (χ1n) is 12.1. The summed E-state index contributed by atoms with van der Waals surface area (Å²) in [4.78, 5) is 19.2. The summed E-state index contributed by atoms with van der Waals surface area (Å²) in [5.41, 5.74) is 5.19. The third-order valence-corrected chi connectivity index (χ3v) is 8.26. The molecule has 174 valence electrons. The minimum Gasteiger partial charge on any atom is -0.353 e. The number of fused-ring (bicyclic) bond motifs is 2. The predicted octanol–water partition coefficient (Wildman–Crippen LogP) is 5.00. The molecule has 2 aliphatic rings. The number of nitrogens with zero attached hydrogens (tertiary/aromatic N) is 4. The Morgan fingerprint density at radius 2 is 1.85 bits per heavy atom. The number of aromatic nitrogens is 1. The lowest BCUT2D eigenvalue weighted by Gasteiger charge is -2.40. The van der Waals surface area contributed by atoms with Gasteiger partial charge in [0.2, 0.25) is 5.91 Å². The summed E-state index contributed by atoms with van der Waals surface area (Å²) in [5, 5.41) is 1.28. The Labute approximate surface area is 201 Å². The maximum absolute atomic E-state index is 12.2. The van der Waals surface area contributed by atoms with Crippen LogP contribution < -0.4 is 9.80 Å². The molecule has 0 aliphatic carbocycles. The van der Waals surface area contributed by atoms with Crippen LogP contribution in [0.25, 0.3) is 10.1 Å². The van der Waals surface area contributed by atoms with E-state index < -0.39 is 0 Å². The third-order valence-electron chi connectivity index (χ3n) is 7.45. The van der Waals surface area contributed by atoms with Gasteiger partial charge < -0.3 is 9.80 Å². The molecular weight excluding hydrogens is 428 g/mol. The van der Waals surface area contributed by atoms with E-state index in [4.69, 9.17) is 4.37 Å². The van der Waals surface area contributed by atoms with Crippen molar-refractivity contribution in [3.05, 3.63) is 53.1 Å². The number of piperazine rings is 1. The van der Waals surface area contributed by atoms with Crippen LogP contribution in [0.15, 0.2) is 36.4 Å². The molecule has 0 atom stereocenters. The number of amides is 1. The Balaban J connectivity index is 1.25. The van der Waals surface area contributed by atoms with Gasteiger partial charge in [0.15, 0.2) is 0 Å². The molecule has 0 spiro atoms. The van der Waals surface area contributed by atoms with Crippen LogP contribution in [-0.4, -0.2) is 54.4 Å². The van der Waals surface area contributed by atoms with Crippen LogP contribution >= 0.6 is 11.5 Å². The van der Waals surface area contributed by atoms with E-state index in [1.807, 2.05) is 4.90 Å². The van der Waals surface area contributed by atoms with Gasteiger partial charge in [0, 0.05) is 51.6 Å². The first-order chi connectivity index (χ1) is 15.8. The van der Waals surface area contributed by atoms with Crippen LogP contribution in [0.3, 0.4) is 0 Å².